The van der Waals surface area contributed by atoms with Crippen LogP contribution in [0.3, 0.4) is 0 Å². The Kier molecular flexibility index (Phi) is 3.38. The summed E-state index contributed by atoms with van der Waals surface area (Å²) in [6.07, 6.45) is 1.53. The predicted molar refractivity (Wildman–Crippen MR) is 99.0 cm³/mol. The summed E-state index contributed by atoms with van der Waals surface area (Å²) in [5.74, 6) is 1.16. The minimum absolute atomic E-state index is 0.396. The molecule has 2 aliphatic rings. The number of fused-ring (bicyclic) bond motifs is 6. The Balaban J connectivity index is 1.85. The molecule has 5 rings (SSSR count). The van der Waals surface area contributed by atoms with Crippen molar-refractivity contribution in [2.24, 2.45) is 4.99 Å². The van der Waals surface area contributed by atoms with Gasteiger partial charge in [0, 0.05) is 28.8 Å². The molecule has 6 nitrogen and oxygen atoms in total. The second-order valence-electron chi connectivity index (χ2n) is 6.46. The van der Waals surface area contributed by atoms with Crippen LogP contribution in [0, 0.1) is 0 Å². The van der Waals surface area contributed by atoms with Gasteiger partial charge in [-0.05, 0) is 30.3 Å². The Labute approximate surface area is 160 Å². The minimum atomic E-state index is -1.15. The van der Waals surface area contributed by atoms with Crippen LogP contribution in [-0.4, -0.2) is 19.2 Å². The molecule has 1 unspecified atom stereocenters. The first kappa shape index (κ1) is 16.3. The van der Waals surface area contributed by atoms with E-state index >= 15 is 0 Å². The van der Waals surface area contributed by atoms with E-state index in [1.165, 1.54) is 6.08 Å². The lowest BCUT2D eigenvalue weighted by Crippen LogP contribution is -2.32. The monoisotopic (exact) mass is 371 g/mol. The Morgan fingerprint density at radius 1 is 0.964 bits per heavy atom. The van der Waals surface area contributed by atoms with Crippen molar-refractivity contribution in [3.8, 4) is 17.2 Å². The van der Waals surface area contributed by atoms with Crippen LogP contribution >= 0.6 is 0 Å². The van der Waals surface area contributed by atoms with Gasteiger partial charge in [0.2, 0.25) is 6.08 Å². The maximum Gasteiger partial charge on any atom is 0.340 e. The topological polar surface area (TPSA) is 74.2 Å². The molecule has 0 saturated heterocycles. The molecule has 0 aromatic heterocycles. The summed E-state index contributed by atoms with van der Waals surface area (Å²) >= 11 is 0. The van der Waals surface area contributed by atoms with Crippen molar-refractivity contribution in [1.82, 2.24) is 0 Å². The molecule has 0 radical (unpaired) electrons. The van der Waals surface area contributed by atoms with Crippen LogP contribution < -0.4 is 9.47 Å². The number of rotatable bonds is 2. The Bertz CT molecular complexity index is 1200. The molecule has 28 heavy (non-hydrogen) atoms. The number of carbonyl (C=O) groups excluding carboxylic acids is 2. The highest BCUT2D eigenvalue weighted by Crippen LogP contribution is 2.56. The van der Waals surface area contributed by atoms with Crippen LogP contribution in [0.4, 0.5) is 5.69 Å². The lowest BCUT2D eigenvalue weighted by molar-refractivity contribution is 0.0224. The number of hydrogen-bond donors (Lipinski definition) is 0. The standard InChI is InChI=1S/C22H13NO5/c1-26-14-7-9-18-20(11-14)27-19-10-13(23-12-24)6-8-17(19)22(18)16-5-3-2-4-15(16)21(25)28-22/h2-11H,1H3. The predicted octanol–water partition coefficient (Wildman–Crippen LogP) is 4.23. The first-order valence-corrected chi connectivity index (χ1v) is 8.59. The van der Waals surface area contributed by atoms with Crippen LogP contribution in [0.2, 0.25) is 0 Å². The molecule has 136 valence electrons. The molecule has 6 heteroatoms. The number of ether oxygens (including phenoxy) is 3. The third kappa shape index (κ3) is 2.06. The lowest BCUT2D eigenvalue weighted by atomic mass is 9.77. The fraction of sp³-hybridized carbons (Fsp3) is 0.0909. The van der Waals surface area contributed by atoms with E-state index in [1.54, 1.807) is 49.6 Å². The van der Waals surface area contributed by atoms with Crippen molar-refractivity contribution in [3.63, 3.8) is 0 Å². The number of carbonyl (C=O) groups is 1. The van der Waals surface area contributed by atoms with Crippen molar-refractivity contribution in [3.05, 3.63) is 82.9 Å². The van der Waals surface area contributed by atoms with Crippen molar-refractivity contribution >= 4 is 17.7 Å². The van der Waals surface area contributed by atoms with E-state index in [0.717, 1.165) is 5.56 Å². The van der Waals surface area contributed by atoms with Crippen molar-refractivity contribution in [2.75, 3.05) is 7.11 Å². The molecule has 3 aromatic rings. The van der Waals surface area contributed by atoms with Crippen LogP contribution in [0.15, 0.2) is 65.7 Å². The molecule has 0 saturated carbocycles. The van der Waals surface area contributed by atoms with Crippen molar-refractivity contribution in [2.45, 2.75) is 5.60 Å². The highest BCUT2D eigenvalue weighted by Gasteiger charge is 2.53. The van der Waals surface area contributed by atoms with Crippen molar-refractivity contribution in [1.29, 1.82) is 0 Å². The summed E-state index contributed by atoms with van der Waals surface area (Å²) in [5.41, 5.74) is 1.85. The Morgan fingerprint density at radius 3 is 2.50 bits per heavy atom. The van der Waals surface area contributed by atoms with Gasteiger partial charge in [-0.15, -0.1) is 0 Å². The van der Waals surface area contributed by atoms with E-state index in [0.29, 0.717) is 39.6 Å². The normalized spacial score (nSPS) is 18.2. The number of isocyanates is 1. The van der Waals surface area contributed by atoms with E-state index in [2.05, 4.69) is 4.99 Å². The quantitative estimate of drug-likeness (QED) is 0.383. The van der Waals surface area contributed by atoms with Gasteiger partial charge >= 0.3 is 5.97 Å². The van der Waals surface area contributed by atoms with Crippen molar-refractivity contribution < 1.29 is 23.8 Å². The minimum Gasteiger partial charge on any atom is -0.497 e. The summed E-state index contributed by atoms with van der Waals surface area (Å²) in [5, 5.41) is 0. The maximum atomic E-state index is 12.7. The molecule has 2 heterocycles. The van der Waals surface area contributed by atoms with Gasteiger partial charge < -0.3 is 14.2 Å². The average Bonchev–Trinajstić information content (AvgIpc) is 3.01. The molecule has 1 spiro atoms. The number of nitrogens with zero attached hydrogens (tertiary/aromatic N) is 1. The summed E-state index contributed by atoms with van der Waals surface area (Å²) < 4.78 is 17.4. The highest BCUT2D eigenvalue weighted by atomic mass is 16.6. The van der Waals surface area contributed by atoms with Gasteiger partial charge in [-0.25, -0.2) is 9.59 Å². The van der Waals surface area contributed by atoms with E-state index in [1.807, 2.05) is 18.2 Å². The zero-order valence-corrected chi connectivity index (χ0v) is 14.8. The first-order valence-electron chi connectivity index (χ1n) is 8.59. The Morgan fingerprint density at radius 2 is 1.71 bits per heavy atom. The molecule has 1 atom stereocenters. The van der Waals surface area contributed by atoms with Crippen LogP contribution in [0.5, 0.6) is 17.2 Å². The second kappa shape index (κ2) is 5.81. The fourth-order valence-electron chi connectivity index (χ4n) is 3.89. The van der Waals surface area contributed by atoms with E-state index in [9.17, 15) is 9.59 Å². The first-order chi connectivity index (χ1) is 13.7. The zero-order valence-electron chi connectivity index (χ0n) is 14.8. The second-order valence-corrected chi connectivity index (χ2v) is 6.46. The summed E-state index contributed by atoms with van der Waals surface area (Å²) in [4.78, 5) is 27.0. The molecular formula is C22H13NO5. The highest BCUT2D eigenvalue weighted by molar-refractivity contribution is 5.97. The number of benzene rings is 3. The van der Waals surface area contributed by atoms with Gasteiger partial charge in [-0.3, -0.25) is 0 Å². The molecule has 0 fully saturated rings. The summed E-state index contributed by atoms with van der Waals surface area (Å²) in [7, 11) is 1.57. The number of esters is 1. The van der Waals surface area contributed by atoms with E-state index in [-0.39, 0.29) is 0 Å². The molecule has 0 aliphatic carbocycles. The lowest BCUT2D eigenvalue weighted by Gasteiger charge is -2.36. The van der Waals surface area contributed by atoms with Gasteiger partial charge in [0.1, 0.15) is 17.2 Å². The Hall–Kier alpha value is -3.89. The SMILES string of the molecule is COc1ccc2c(c1)Oc1cc(N=C=O)ccc1C21OC(=O)c2ccccc21. The maximum absolute atomic E-state index is 12.7. The number of hydrogen-bond acceptors (Lipinski definition) is 6. The number of aliphatic imine (C=N–C) groups is 1. The van der Waals surface area contributed by atoms with Gasteiger partial charge in [0.25, 0.3) is 0 Å². The van der Waals surface area contributed by atoms with Crippen LogP contribution in [0.25, 0.3) is 0 Å². The molecule has 0 bridgehead atoms. The smallest absolute Gasteiger partial charge is 0.340 e. The largest absolute Gasteiger partial charge is 0.497 e. The zero-order chi connectivity index (χ0) is 19.3. The van der Waals surface area contributed by atoms with Gasteiger partial charge in [-0.2, -0.15) is 4.99 Å². The van der Waals surface area contributed by atoms with E-state index < -0.39 is 11.6 Å². The summed E-state index contributed by atoms with van der Waals surface area (Å²) in [6.45, 7) is 0. The fourth-order valence-corrected chi connectivity index (χ4v) is 3.89. The number of methoxy groups -OCH3 is 1. The average molecular weight is 371 g/mol. The molecule has 3 aromatic carbocycles. The van der Waals surface area contributed by atoms with Gasteiger partial charge in [0.05, 0.1) is 18.4 Å². The van der Waals surface area contributed by atoms with Gasteiger partial charge in [-0.1, -0.05) is 18.2 Å². The van der Waals surface area contributed by atoms with Gasteiger partial charge in [0.15, 0.2) is 5.60 Å². The third-order valence-corrected chi connectivity index (χ3v) is 5.08. The molecule has 0 amide bonds. The van der Waals surface area contributed by atoms with Crippen LogP contribution in [-0.2, 0) is 15.1 Å². The van der Waals surface area contributed by atoms with Crippen LogP contribution in [0.1, 0.15) is 27.0 Å². The molecule has 2 aliphatic heterocycles. The van der Waals surface area contributed by atoms with E-state index in [4.69, 9.17) is 14.2 Å². The molecule has 0 N–H and O–H groups in total. The molecular weight excluding hydrogens is 358 g/mol. The third-order valence-electron chi connectivity index (χ3n) is 5.08. The summed E-state index contributed by atoms with van der Waals surface area (Å²) in [6, 6.07) is 17.7.